The maximum absolute atomic E-state index is 13.3. The molecule has 0 aliphatic rings. The van der Waals surface area contributed by atoms with Crippen LogP contribution in [0.15, 0.2) is 47.1 Å². The van der Waals surface area contributed by atoms with E-state index in [4.69, 9.17) is 9.15 Å². The Hall–Kier alpha value is -3.21. The summed E-state index contributed by atoms with van der Waals surface area (Å²) >= 11 is 0. The molecule has 0 unspecified atom stereocenters. The summed E-state index contributed by atoms with van der Waals surface area (Å²) in [6.07, 6.45) is -3.47. The van der Waals surface area contributed by atoms with Crippen LogP contribution in [0.2, 0.25) is 0 Å². The number of rotatable bonds is 3. The van der Waals surface area contributed by atoms with Crippen LogP contribution in [0.3, 0.4) is 0 Å². The van der Waals surface area contributed by atoms with E-state index in [-0.39, 0.29) is 17.1 Å². The van der Waals surface area contributed by atoms with Gasteiger partial charge in [0.05, 0.1) is 13.4 Å². The minimum atomic E-state index is -4.78. The lowest BCUT2D eigenvalue weighted by atomic mass is 10.1. The van der Waals surface area contributed by atoms with Gasteiger partial charge in [-0.3, -0.25) is 0 Å². The summed E-state index contributed by atoms with van der Waals surface area (Å²) in [5.41, 5.74) is -1.71. The van der Waals surface area contributed by atoms with Gasteiger partial charge in [0.15, 0.2) is 11.5 Å². The number of nitrogens with zero attached hydrogens (tertiary/aromatic N) is 3. The van der Waals surface area contributed by atoms with Gasteiger partial charge in [-0.1, -0.05) is 12.1 Å². The fourth-order valence-electron chi connectivity index (χ4n) is 2.34. The minimum Gasteiger partial charge on any atom is -0.494 e. The Kier molecular flexibility index (Phi) is 3.77. The molecule has 2 heterocycles. The van der Waals surface area contributed by atoms with Crippen LogP contribution in [0.5, 0.6) is 5.75 Å². The Morgan fingerprint density at radius 2 is 1.96 bits per heavy atom. The van der Waals surface area contributed by atoms with E-state index in [1.54, 1.807) is 30.3 Å². The van der Waals surface area contributed by atoms with E-state index >= 15 is 0 Å². The van der Waals surface area contributed by atoms with Crippen molar-refractivity contribution in [2.45, 2.75) is 6.18 Å². The summed E-state index contributed by atoms with van der Waals surface area (Å²) in [5.74, 6) is 0.409. The van der Waals surface area contributed by atoms with Crippen molar-refractivity contribution in [1.82, 2.24) is 9.78 Å². The topological polar surface area (TPSA) is 64.0 Å². The van der Waals surface area contributed by atoms with Crippen molar-refractivity contribution in [3.8, 4) is 29.0 Å². The number of hydrogen-bond acceptors (Lipinski definition) is 4. The van der Waals surface area contributed by atoms with E-state index in [1.807, 2.05) is 0 Å². The van der Waals surface area contributed by atoms with E-state index in [9.17, 15) is 18.4 Å². The highest BCUT2D eigenvalue weighted by Crippen LogP contribution is 2.38. The number of halogens is 3. The molecule has 3 rings (SSSR count). The number of aromatic nitrogens is 2. The maximum Gasteiger partial charge on any atom is 0.436 e. The van der Waals surface area contributed by atoms with Crippen LogP contribution < -0.4 is 4.74 Å². The Morgan fingerprint density at radius 1 is 1.21 bits per heavy atom. The minimum absolute atomic E-state index is 0.0840. The first-order valence-electron chi connectivity index (χ1n) is 6.75. The predicted octanol–water partition coefficient (Wildman–Crippen LogP) is 4.03. The summed E-state index contributed by atoms with van der Waals surface area (Å²) in [5, 5.41) is 12.9. The highest BCUT2D eigenvalue weighted by Gasteiger charge is 2.40. The van der Waals surface area contributed by atoms with Crippen LogP contribution in [-0.2, 0) is 6.18 Å². The number of ether oxygens (including phenoxy) is 1. The number of methoxy groups -OCH3 is 1. The van der Waals surface area contributed by atoms with E-state index in [0.717, 1.165) is 4.68 Å². The zero-order chi connectivity index (χ0) is 17.3. The Balaban J connectivity index is 2.38. The lowest BCUT2D eigenvalue weighted by molar-refractivity contribution is -0.141. The van der Waals surface area contributed by atoms with Crippen LogP contribution in [0.4, 0.5) is 13.2 Å². The van der Waals surface area contributed by atoms with E-state index in [1.165, 1.54) is 25.5 Å². The quantitative estimate of drug-likeness (QED) is 0.726. The molecule has 8 heteroatoms. The second kappa shape index (κ2) is 5.77. The molecular formula is C16H10F3N3O2. The summed E-state index contributed by atoms with van der Waals surface area (Å²) in [4.78, 5) is 0. The largest absolute Gasteiger partial charge is 0.494 e. The Labute approximate surface area is 134 Å². The standard InChI is InChI=1S/C16H10F3N3O2/c1-23-12-6-3-2-5-11(12)22-14(13-7-4-8-24-13)10(9-20)15(21-22)16(17,18)19/h2-8H,1H3. The molecule has 0 spiro atoms. The van der Waals surface area contributed by atoms with Crippen molar-refractivity contribution in [3.63, 3.8) is 0 Å². The van der Waals surface area contributed by atoms with E-state index in [2.05, 4.69) is 5.10 Å². The van der Waals surface area contributed by atoms with Crippen molar-refractivity contribution in [2.75, 3.05) is 7.11 Å². The van der Waals surface area contributed by atoms with Gasteiger partial charge in [0.1, 0.15) is 28.8 Å². The number of alkyl halides is 3. The normalized spacial score (nSPS) is 11.3. The SMILES string of the molecule is COc1ccccc1-n1nc(C(F)(F)F)c(C#N)c1-c1ccco1. The van der Waals surface area contributed by atoms with Crippen molar-refractivity contribution in [1.29, 1.82) is 5.26 Å². The molecule has 0 bridgehead atoms. The molecule has 1 aromatic carbocycles. The molecular weight excluding hydrogens is 323 g/mol. The van der Waals surface area contributed by atoms with Gasteiger partial charge in [-0.25, -0.2) is 4.68 Å². The third-order valence-corrected chi connectivity index (χ3v) is 3.33. The molecule has 0 N–H and O–H groups in total. The third-order valence-electron chi connectivity index (χ3n) is 3.33. The molecule has 122 valence electrons. The van der Waals surface area contributed by atoms with Gasteiger partial charge in [0.2, 0.25) is 0 Å². The van der Waals surface area contributed by atoms with Crippen LogP contribution in [-0.4, -0.2) is 16.9 Å². The molecule has 0 fully saturated rings. The molecule has 24 heavy (non-hydrogen) atoms. The second-order valence-electron chi connectivity index (χ2n) is 4.74. The maximum atomic E-state index is 13.3. The molecule has 0 radical (unpaired) electrons. The molecule has 0 saturated heterocycles. The van der Waals surface area contributed by atoms with Gasteiger partial charge >= 0.3 is 6.18 Å². The average molecular weight is 333 g/mol. The molecule has 0 aliphatic heterocycles. The van der Waals surface area contributed by atoms with E-state index in [0.29, 0.717) is 5.75 Å². The van der Waals surface area contributed by atoms with Crippen LogP contribution in [0.1, 0.15) is 11.3 Å². The lowest BCUT2D eigenvalue weighted by Gasteiger charge is -2.10. The zero-order valence-electron chi connectivity index (χ0n) is 12.3. The summed E-state index contributed by atoms with van der Waals surface area (Å²) in [7, 11) is 1.39. The zero-order valence-corrected chi connectivity index (χ0v) is 12.3. The van der Waals surface area contributed by atoms with Crippen molar-refractivity contribution < 1.29 is 22.3 Å². The lowest BCUT2D eigenvalue weighted by Crippen LogP contribution is -2.09. The average Bonchev–Trinajstić information content (AvgIpc) is 3.20. The summed E-state index contributed by atoms with van der Waals surface area (Å²) < 4.78 is 51.2. The molecule has 0 saturated carbocycles. The first-order valence-corrected chi connectivity index (χ1v) is 6.75. The Bertz CT molecular complexity index is 906. The van der Waals surface area contributed by atoms with Crippen LogP contribution >= 0.6 is 0 Å². The molecule has 2 aromatic heterocycles. The third kappa shape index (κ3) is 2.50. The fraction of sp³-hybridized carbons (Fsp3) is 0.125. The number of hydrogen-bond donors (Lipinski definition) is 0. The highest BCUT2D eigenvalue weighted by molar-refractivity contribution is 5.68. The molecule has 5 nitrogen and oxygen atoms in total. The number of benzene rings is 1. The first-order chi connectivity index (χ1) is 11.5. The van der Waals surface area contributed by atoms with Gasteiger partial charge in [0.25, 0.3) is 0 Å². The van der Waals surface area contributed by atoms with Crippen LogP contribution in [0, 0.1) is 11.3 Å². The van der Waals surface area contributed by atoms with Gasteiger partial charge in [0, 0.05) is 0 Å². The molecule has 3 aromatic rings. The monoisotopic (exact) mass is 333 g/mol. The molecule has 0 aliphatic carbocycles. The van der Waals surface area contributed by atoms with Crippen LogP contribution in [0.25, 0.3) is 17.1 Å². The Morgan fingerprint density at radius 3 is 2.54 bits per heavy atom. The van der Waals surface area contributed by atoms with Crippen molar-refractivity contribution in [3.05, 3.63) is 53.9 Å². The van der Waals surface area contributed by atoms with Gasteiger partial charge in [-0.15, -0.1) is 0 Å². The summed E-state index contributed by atoms with van der Waals surface area (Å²) in [6.45, 7) is 0. The second-order valence-corrected chi connectivity index (χ2v) is 4.74. The van der Waals surface area contributed by atoms with Gasteiger partial charge in [-0.05, 0) is 24.3 Å². The number of nitriles is 1. The number of para-hydroxylation sites is 2. The highest BCUT2D eigenvalue weighted by atomic mass is 19.4. The molecule has 0 atom stereocenters. The molecule has 0 amide bonds. The first kappa shape index (κ1) is 15.7. The van der Waals surface area contributed by atoms with Crippen molar-refractivity contribution >= 4 is 0 Å². The van der Waals surface area contributed by atoms with Crippen molar-refractivity contribution in [2.24, 2.45) is 0 Å². The van der Waals surface area contributed by atoms with E-state index < -0.39 is 17.4 Å². The number of furan rings is 1. The van der Waals surface area contributed by atoms with Gasteiger partial charge in [-0.2, -0.15) is 23.5 Å². The fourth-order valence-corrected chi connectivity index (χ4v) is 2.34. The smallest absolute Gasteiger partial charge is 0.436 e. The van der Waals surface area contributed by atoms with Gasteiger partial charge < -0.3 is 9.15 Å². The summed E-state index contributed by atoms with van der Waals surface area (Å²) in [6, 6.07) is 11.0. The predicted molar refractivity (Wildman–Crippen MR) is 77.5 cm³/mol.